The van der Waals surface area contributed by atoms with Crippen LogP contribution in [0.15, 0.2) is 121 Å². The van der Waals surface area contributed by atoms with E-state index in [9.17, 15) is 19.2 Å². The fourth-order valence-corrected chi connectivity index (χ4v) is 16.1. The van der Waals surface area contributed by atoms with Gasteiger partial charge < -0.3 is 0 Å². The third kappa shape index (κ3) is 7.88. The summed E-state index contributed by atoms with van der Waals surface area (Å²) >= 11 is -5.22. The normalized spacial score (nSPS) is 12.3. The van der Waals surface area contributed by atoms with Crippen LogP contribution in [0.25, 0.3) is 0 Å². The Labute approximate surface area is 244 Å². The third-order valence-corrected chi connectivity index (χ3v) is 18.9. The SMILES string of the molecule is O=CNC(Cc1ccccc1)C(=[OH+])[O][Pb]([O]C(=[OH+])C(Cc1ccccc1)NC=O)([c]1ccccc1)[c]1ccccc1. The first-order valence-electron chi connectivity index (χ1n) is 13.1. The van der Waals surface area contributed by atoms with E-state index in [1.165, 1.54) is 0 Å². The van der Waals surface area contributed by atoms with Crippen molar-refractivity contribution >= 4 is 53.1 Å². The van der Waals surface area contributed by atoms with Crippen LogP contribution in [0, 0.1) is 0 Å². The molecule has 2 atom stereocenters. The molecule has 4 aromatic carbocycles. The van der Waals surface area contributed by atoms with E-state index in [4.69, 9.17) is 5.37 Å². The maximum absolute atomic E-state index is 11.5. The molecular formula is C32H32N2O6Pb+2. The molecule has 4 rings (SSSR count). The van der Waals surface area contributed by atoms with Crippen molar-refractivity contribution in [2.45, 2.75) is 24.9 Å². The molecular weight excluding hydrogens is 716 g/mol. The van der Waals surface area contributed by atoms with Crippen LogP contribution in [0.3, 0.4) is 0 Å². The van der Waals surface area contributed by atoms with Gasteiger partial charge in [0.05, 0.1) is 0 Å². The third-order valence-electron chi connectivity index (χ3n) is 6.50. The van der Waals surface area contributed by atoms with Gasteiger partial charge in [-0.2, -0.15) is 0 Å². The van der Waals surface area contributed by atoms with Crippen molar-refractivity contribution in [3.63, 3.8) is 0 Å². The van der Waals surface area contributed by atoms with Gasteiger partial charge >= 0.3 is 246 Å². The van der Waals surface area contributed by atoms with Gasteiger partial charge in [-0.1, -0.05) is 0 Å². The van der Waals surface area contributed by atoms with Gasteiger partial charge in [-0.15, -0.1) is 0 Å². The van der Waals surface area contributed by atoms with Gasteiger partial charge in [-0.25, -0.2) is 0 Å². The second-order valence-corrected chi connectivity index (χ2v) is 20.2. The van der Waals surface area contributed by atoms with Gasteiger partial charge in [0.25, 0.3) is 0 Å². The first-order valence-corrected chi connectivity index (χ1v) is 20.2. The molecule has 0 saturated heterocycles. The van der Waals surface area contributed by atoms with Crippen molar-refractivity contribution in [2.24, 2.45) is 0 Å². The molecule has 0 aromatic heterocycles. The Balaban J connectivity index is 1.75. The number of carbonyl (C=O) groups excluding carboxylic acids is 4. The topological polar surface area (TPSA) is 119 Å². The predicted octanol–water partition coefficient (Wildman–Crippen LogP) is 2.00. The van der Waals surface area contributed by atoms with Gasteiger partial charge in [0, 0.05) is 0 Å². The second kappa shape index (κ2) is 14.9. The van der Waals surface area contributed by atoms with Gasteiger partial charge in [-0.3, -0.25) is 0 Å². The molecule has 0 heterocycles. The van der Waals surface area contributed by atoms with E-state index in [1.807, 2.05) is 121 Å². The molecule has 4 aromatic rings. The van der Waals surface area contributed by atoms with Crippen molar-refractivity contribution in [1.82, 2.24) is 10.6 Å². The number of hydrogen-bond acceptors (Lipinski definition) is 4. The fourth-order valence-electron chi connectivity index (χ4n) is 4.47. The zero-order chi connectivity index (χ0) is 28.9. The quantitative estimate of drug-likeness (QED) is 0.117. The summed E-state index contributed by atoms with van der Waals surface area (Å²) < 4.78 is 14.3. The Kier molecular flexibility index (Phi) is 10.8. The van der Waals surface area contributed by atoms with E-state index in [-0.39, 0.29) is 12.8 Å². The number of amides is 2. The van der Waals surface area contributed by atoms with Gasteiger partial charge in [0.2, 0.25) is 0 Å². The van der Waals surface area contributed by atoms with E-state index in [1.54, 1.807) is 0 Å². The molecule has 8 nitrogen and oxygen atoms in total. The van der Waals surface area contributed by atoms with E-state index in [0.717, 1.165) is 11.1 Å². The Morgan fingerprint density at radius 3 is 1.22 bits per heavy atom. The summed E-state index contributed by atoms with van der Waals surface area (Å²) in [5, 5.41) is 5.29. The van der Waals surface area contributed by atoms with Crippen LogP contribution < -0.4 is 16.9 Å². The Hall–Kier alpha value is -4.32. The molecule has 0 fully saturated rings. The van der Waals surface area contributed by atoms with Crippen molar-refractivity contribution in [3.8, 4) is 0 Å². The first-order chi connectivity index (χ1) is 20.1. The van der Waals surface area contributed by atoms with Gasteiger partial charge in [0.15, 0.2) is 0 Å². The van der Waals surface area contributed by atoms with Crippen LogP contribution in [-0.4, -0.2) is 68.5 Å². The second-order valence-electron chi connectivity index (χ2n) is 9.28. The zero-order valence-electron chi connectivity index (χ0n) is 22.3. The van der Waals surface area contributed by atoms with Crippen molar-refractivity contribution in [2.75, 3.05) is 0 Å². The van der Waals surface area contributed by atoms with Crippen LogP contribution >= 0.6 is 0 Å². The first kappa shape index (κ1) is 29.7. The van der Waals surface area contributed by atoms with Crippen molar-refractivity contribution in [3.05, 3.63) is 132 Å². The summed E-state index contributed by atoms with van der Waals surface area (Å²) in [6, 6.07) is 35.3. The Morgan fingerprint density at radius 1 is 0.585 bits per heavy atom. The molecule has 0 saturated carbocycles. The number of benzene rings is 4. The molecule has 4 N–H and O–H groups in total. The van der Waals surface area contributed by atoms with E-state index < -0.39 is 46.1 Å². The average Bonchev–Trinajstić information content (AvgIpc) is 3.02. The van der Waals surface area contributed by atoms with Crippen molar-refractivity contribution < 1.29 is 24.6 Å². The monoisotopic (exact) mass is 748 g/mol. The molecule has 0 aliphatic rings. The maximum atomic E-state index is 11.5. The standard InChI is InChI=1S/2C10H11NO3.2C6H5.Pb/c2*12-7-11-9(10(13)14)6-8-4-2-1-3-5-8;2*1-2-4-6-5-3-1;/h2*1-5,7,9H,6H2,(H,11,12)(H,13,14);2*1-5H;/q;;;;+2. The molecule has 41 heavy (non-hydrogen) atoms. The van der Waals surface area contributed by atoms with Crippen LogP contribution in [-0.2, 0) is 27.8 Å². The molecule has 0 aliphatic carbocycles. The number of nitrogens with one attached hydrogen (secondary N) is 2. The number of hydrogen-bond donors (Lipinski definition) is 2. The summed E-state index contributed by atoms with van der Waals surface area (Å²) in [5.74, 6) is -0.878. The van der Waals surface area contributed by atoms with Gasteiger partial charge in [0.1, 0.15) is 0 Å². The summed E-state index contributed by atoms with van der Waals surface area (Å²) in [6.07, 6.45) is 1.53. The molecule has 0 spiro atoms. The molecule has 2 unspecified atom stereocenters. The minimum atomic E-state index is -5.22. The van der Waals surface area contributed by atoms with Crippen LogP contribution in [0.2, 0.25) is 0 Å². The Morgan fingerprint density at radius 2 is 0.902 bits per heavy atom. The van der Waals surface area contributed by atoms with Crippen LogP contribution in [0.4, 0.5) is 0 Å². The molecule has 0 bridgehead atoms. The predicted molar refractivity (Wildman–Crippen MR) is 160 cm³/mol. The molecule has 208 valence electrons. The molecule has 9 heteroatoms. The molecule has 0 aliphatic heterocycles. The fraction of sp³-hybridized carbons (Fsp3) is 0.125. The minimum absolute atomic E-state index is 0.262. The number of carbonyl (C=O) groups is 2. The summed E-state index contributed by atoms with van der Waals surface area (Å²) in [6.45, 7) is 0. The van der Waals surface area contributed by atoms with Gasteiger partial charge in [-0.05, 0) is 0 Å². The van der Waals surface area contributed by atoms with Crippen molar-refractivity contribution in [1.29, 1.82) is 0 Å². The Bertz CT molecular complexity index is 1310. The van der Waals surface area contributed by atoms with E-state index >= 15 is 0 Å². The van der Waals surface area contributed by atoms with E-state index in [2.05, 4.69) is 10.6 Å². The molecule has 2 amide bonds. The zero-order valence-corrected chi connectivity index (χ0v) is 26.2. The van der Waals surface area contributed by atoms with E-state index in [0.29, 0.717) is 19.1 Å². The molecule has 0 radical (unpaired) electrons. The average molecular weight is 748 g/mol. The summed E-state index contributed by atoms with van der Waals surface area (Å²) in [5.41, 5.74) is 1.74. The van der Waals surface area contributed by atoms with Crippen LogP contribution in [0.1, 0.15) is 11.1 Å². The summed E-state index contributed by atoms with van der Waals surface area (Å²) in [7, 11) is 0. The number of rotatable bonds is 14. The summed E-state index contributed by atoms with van der Waals surface area (Å²) in [4.78, 5) is 45.9. The van der Waals surface area contributed by atoms with Crippen LogP contribution in [0.5, 0.6) is 0 Å².